The molecule has 2 heteroatoms. The van der Waals surface area contributed by atoms with Gasteiger partial charge in [-0.1, -0.05) is 12.5 Å². The molecular formula is C14H19NO. The summed E-state index contributed by atoms with van der Waals surface area (Å²) in [6, 6.07) is 6.52. The number of benzene rings is 1. The highest BCUT2D eigenvalue weighted by molar-refractivity contribution is 5.40. The summed E-state index contributed by atoms with van der Waals surface area (Å²) in [7, 11) is 0. The third-order valence-corrected chi connectivity index (χ3v) is 4.00. The number of aromatic hydroxyl groups is 1. The molecule has 1 aliphatic heterocycles. The lowest BCUT2D eigenvalue weighted by Crippen LogP contribution is -2.32. The number of nitrogens with zero attached hydrogens (tertiary/aromatic N) is 1. The smallest absolute Gasteiger partial charge is 0.115 e. The van der Waals surface area contributed by atoms with E-state index in [2.05, 4.69) is 11.0 Å². The molecule has 0 aromatic heterocycles. The molecule has 0 radical (unpaired) electrons. The predicted molar refractivity (Wildman–Crippen MR) is 64.6 cm³/mol. The monoisotopic (exact) mass is 217 g/mol. The van der Waals surface area contributed by atoms with E-state index in [0.717, 1.165) is 6.42 Å². The Labute approximate surface area is 96.9 Å². The lowest BCUT2D eigenvalue weighted by Gasteiger charge is -2.32. The number of phenolic OH excluding ortho intramolecular Hbond substituents is 1. The van der Waals surface area contributed by atoms with Crippen molar-refractivity contribution in [2.24, 2.45) is 0 Å². The molecule has 0 amide bonds. The predicted octanol–water partition coefficient (Wildman–Crippen LogP) is 2.87. The van der Waals surface area contributed by atoms with E-state index in [4.69, 9.17) is 0 Å². The number of phenols is 1. The molecule has 2 nitrogen and oxygen atoms in total. The Kier molecular flexibility index (Phi) is 2.60. The second-order valence-electron chi connectivity index (χ2n) is 5.03. The zero-order chi connectivity index (χ0) is 11.0. The summed E-state index contributed by atoms with van der Waals surface area (Å²) in [5.74, 6) is 0.415. The van der Waals surface area contributed by atoms with E-state index in [1.807, 2.05) is 12.1 Å². The highest BCUT2D eigenvalue weighted by Crippen LogP contribution is 2.38. The third-order valence-electron chi connectivity index (χ3n) is 4.00. The van der Waals surface area contributed by atoms with Gasteiger partial charge in [0.2, 0.25) is 0 Å². The standard InChI is InChI=1S/C14H19NO/c16-12-5-6-13-11(10-12)4-7-14(13)15-8-2-1-3-9-15/h5-6,10,14,16H,1-4,7-9H2/t14-/m1/s1. The Morgan fingerprint density at radius 2 is 1.94 bits per heavy atom. The molecule has 0 bridgehead atoms. The van der Waals surface area contributed by atoms with Gasteiger partial charge in [-0.05, 0) is 62.0 Å². The van der Waals surface area contributed by atoms with Gasteiger partial charge in [0.15, 0.2) is 0 Å². The van der Waals surface area contributed by atoms with Crippen LogP contribution in [0.4, 0.5) is 0 Å². The Hall–Kier alpha value is -1.02. The maximum atomic E-state index is 9.48. The Balaban J connectivity index is 1.84. The molecule has 1 atom stereocenters. The lowest BCUT2D eigenvalue weighted by atomic mass is 10.0. The number of hydrogen-bond donors (Lipinski definition) is 1. The molecule has 3 rings (SSSR count). The molecule has 2 aliphatic rings. The first-order valence-electron chi connectivity index (χ1n) is 6.40. The first-order valence-corrected chi connectivity index (χ1v) is 6.40. The van der Waals surface area contributed by atoms with Crippen LogP contribution in [-0.4, -0.2) is 23.1 Å². The van der Waals surface area contributed by atoms with Crippen LogP contribution < -0.4 is 0 Å². The topological polar surface area (TPSA) is 23.5 Å². The summed E-state index contributed by atoms with van der Waals surface area (Å²) in [4.78, 5) is 2.63. The van der Waals surface area contributed by atoms with Crippen molar-refractivity contribution < 1.29 is 5.11 Å². The van der Waals surface area contributed by atoms with Gasteiger partial charge in [0, 0.05) is 6.04 Å². The molecule has 1 N–H and O–H groups in total. The van der Waals surface area contributed by atoms with Crippen molar-refractivity contribution in [2.75, 3.05) is 13.1 Å². The summed E-state index contributed by atoms with van der Waals surface area (Å²) >= 11 is 0. The first-order chi connectivity index (χ1) is 7.84. The highest BCUT2D eigenvalue weighted by atomic mass is 16.3. The van der Waals surface area contributed by atoms with Gasteiger partial charge in [-0.3, -0.25) is 4.90 Å². The highest BCUT2D eigenvalue weighted by Gasteiger charge is 2.28. The molecule has 16 heavy (non-hydrogen) atoms. The molecule has 0 saturated carbocycles. The molecule has 1 aromatic carbocycles. The lowest BCUT2D eigenvalue weighted by molar-refractivity contribution is 0.163. The van der Waals surface area contributed by atoms with E-state index in [0.29, 0.717) is 11.8 Å². The van der Waals surface area contributed by atoms with Gasteiger partial charge in [-0.15, -0.1) is 0 Å². The maximum absolute atomic E-state index is 9.48. The summed E-state index contributed by atoms with van der Waals surface area (Å²) in [6.07, 6.45) is 6.46. The van der Waals surface area contributed by atoms with Gasteiger partial charge in [0.05, 0.1) is 0 Å². The second-order valence-corrected chi connectivity index (χ2v) is 5.03. The van der Waals surface area contributed by atoms with E-state index in [9.17, 15) is 5.11 Å². The van der Waals surface area contributed by atoms with Gasteiger partial charge in [0.25, 0.3) is 0 Å². The Morgan fingerprint density at radius 3 is 2.75 bits per heavy atom. The fraction of sp³-hybridized carbons (Fsp3) is 0.571. The van der Waals surface area contributed by atoms with Crippen molar-refractivity contribution in [3.63, 3.8) is 0 Å². The van der Waals surface area contributed by atoms with Crippen LogP contribution in [0, 0.1) is 0 Å². The minimum absolute atomic E-state index is 0.415. The zero-order valence-corrected chi connectivity index (χ0v) is 9.65. The van der Waals surface area contributed by atoms with Gasteiger partial charge in [0.1, 0.15) is 5.75 Å². The van der Waals surface area contributed by atoms with Crippen LogP contribution in [0.3, 0.4) is 0 Å². The van der Waals surface area contributed by atoms with Gasteiger partial charge >= 0.3 is 0 Å². The van der Waals surface area contributed by atoms with Crippen LogP contribution in [0.1, 0.15) is 42.9 Å². The van der Waals surface area contributed by atoms with Crippen LogP contribution in [-0.2, 0) is 6.42 Å². The van der Waals surface area contributed by atoms with Crippen molar-refractivity contribution in [1.29, 1.82) is 0 Å². The summed E-state index contributed by atoms with van der Waals surface area (Å²) in [5, 5.41) is 9.48. The maximum Gasteiger partial charge on any atom is 0.115 e. The van der Waals surface area contributed by atoms with Gasteiger partial charge in [-0.25, -0.2) is 0 Å². The number of rotatable bonds is 1. The van der Waals surface area contributed by atoms with E-state index in [1.54, 1.807) is 0 Å². The van der Waals surface area contributed by atoms with Crippen LogP contribution in [0.2, 0.25) is 0 Å². The molecule has 1 saturated heterocycles. The van der Waals surface area contributed by atoms with Gasteiger partial charge in [-0.2, -0.15) is 0 Å². The average molecular weight is 217 g/mol. The normalized spacial score (nSPS) is 25.6. The van der Waals surface area contributed by atoms with Crippen LogP contribution in [0.25, 0.3) is 0 Å². The number of piperidine rings is 1. The fourth-order valence-corrected chi connectivity index (χ4v) is 3.19. The van der Waals surface area contributed by atoms with Crippen molar-refractivity contribution >= 4 is 0 Å². The number of hydrogen-bond acceptors (Lipinski definition) is 2. The molecule has 86 valence electrons. The molecule has 1 heterocycles. The molecule has 1 aliphatic carbocycles. The SMILES string of the molecule is Oc1ccc2c(c1)CC[C@H]2N1CCCCC1. The molecule has 0 unspecified atom stereocenters. The summed E-state index contributed by atoms with van der Waals surface area (Å²) < 4.78 is 0. The van der Waals surface area contributed by atoms with Crippen LogP contribution >= 0.6 is 0 Å². The van der Waals surface area contributed by atoms with E-state index >= 15 is 0 Å². The minimum Gasteiger partial charge on any atom is -0.508 e. The third kappa shape index (κ3) is 1.71. The van der Waals surface area contributed by atoms with Crippen molar-refractivity contribution in [2.45, 2.75) is 38.1 Å². The zero-order valence-electron chi connectivity index (χ0n) is 9.65. The summed E-state index contributed by atoms with van der Waals surface area (Å²) in [6.45, 7) is 2.51. The molecule has 0 spiro atoms. The fourth-order valence-electron chi connectivity index (χ4n) is 3.19. The van der Waals surface area contributed by atoms with Crippen molar-refractivity contribution in [1.82, 2.24) is 4.90 Å². The largest absolute Gasteiger partial charge is 0.508 e. The first kappa shape index (κ1) is 10.2. The molecule has 1 aromatic rings. The Morgan fingerprint density at radius 1 is 1.12 bits per heavy atom. The van der Waals surface area contributed by atoms with Crippen molar-refractivity contribution in [3.8, 4) is 5.75 Å². The summed E-state index contributed by atoms with van der Waals surface area (Å²) in [5.41, 5.74) is 2.82. The Bertz CT molecular complexity index is 382. The quantitative estimate of drug-likeness (QED) is 0.782. The van der Waals surface area contributed by atoms with E-state index in [1.165, 1.54) is 49.9 Å². The number of likely N-dealkylation sites (tertiary alicyclic amines) is 1. The number of aryl methyl sites for hydroxylation is 1. The molecule has 1 fully saturated rings. The number of fused-ring (bicyclic) bond motifs is 1. The van der Waals surface area contributed by atoms with Gasteiger partial charge < -0.3 is 5.11 Å². The van der Waals surface area contributed by atoms with E-state index in [-0.39, 0.29) is 0 Å². The van der Waals surface area contributed by atoms with Crippen molar-refractivity contribution in [3.05, 3.63) is 29.3 Å². The average Bonchev–Trinajstić information content (AvgIpc) is 2.73. The van der Waals surface area contributed by atoms with E-state index < -0.39 is 0 Å². The minimum atomic E-state index is 0.415. The van der Waals surface area contributed by atoms with Crippen LogP contribution in [0.5, 0.6) is 5.75 Å². The van der Waals surface area contributed by atoms with Crippen LogP contribution in [0.15, 0.2) is 18.2 Å². The molecular weight excluding hydrogens is 198 g/mol. The second kappa shape index (κ2) is 4.10.